The molecule has 0 aliphatic heterocycles. The molecule has 1 aromatic rings. The fourth-order valence-electron chi connectivity index (χ4n) is 0.958. The SMILES string of the molecule is COC(=O)C(C)NC(=O)c1cn(C)nn1. The molecule has 0 aliphatic rings. The zero-order valence-corrected chi connectivity index (χ0v) is 8.72. The molecule has 15 heavy (non-hydrogen) atoms. The standard InChI is InChI=1S/C8H12N4O3/c1-5(8(14)15-3)9-7(13)6-4-12(2)11-10-6/h4-5H,1-3H3,(H,9,13). The van der Waals surface area contributed by atoms with Gasteiger partial charge in [0.2, 0.25) is 0 Å². The van der Waals surface area contributed by atoms with E-state index in [9.17, 15) is 9.59 Å². The summed E-state index contributed by atoms with van der Waals surface area (Å²) < 4.78 is 5.86. The molecule has 1 aromatic heterocycles. The van der Waals surface area contributed by atoms with E-state index >= 15 is 0 Å². The van der Waals surface area contributed by atoms with E-state index in [1.165, 1.54) is 24.9 Å². The average molecular weight is 212 g/mol. The third kappa shape index (κ3) is 2.76. The molecule has 1 amide bonds. The van der Waals surface area contributed by atoms with Crippen LogP contribution in [0.3, 0.4) is 0 Å². The van der Waals surface area contributed by atoms with Crippen molar-refractivity contribution in [3.05, 3.63) is 11.9 Å². The number of rotatable bonds is 3. The number of carbonyl (C=O) groups excluding carboxylic acids is 2. The second kappa shape index (κ2) is 4.54. The molecule has 0 saturated carbocycles. The lowest BCUT2D eigenvalue weighted by Gasteiger charge is -2.09. The van der Waals surface area contributed by atoms with Crippen LogP contribution in [0.25, 0.3) is 0 Å². The largest absolute Gasteiger partial charge is 0.467 e. The van der Waals surface area contributed by atoms with Crippen molar-refractivity contribution >= 4 is 11.9 Å². The van der Waals surface area contributed by atoms with Crippen LogP contribution in [0, 0.1) is 0 Å². The number of nitrogens with zero attached hydrogens (tertiary/aromatic N) is 3. The average Bonchev–Trinajstić information content (AvgIpc) is 2.63. The molecule has 0 aliphatic carbocycles. The number of amides is 1. The maximum Gasteiger partial charge on any atom is 0.328 e. The Bertz CT molecular complexity index is 374. The summed E-state index contributed by atoms with van der Waals surface area (Å²) in [5, 5.41) is 9.63. The number of nitrogens with one attached hydrogen (secondary N) is 1. The molecule has 7 nitrogen and oxygen atoms in total. The minimum Gasteiger partial charge on any atom is -0.467 e. The zero-order valence-electron chi connectivity index (χ0n) is 8.72. The van der Waals surface area contributed by atoms with Crippen LogP contribution in [0.2, 0.25) is 0 Å². The number of ether oxygens (including phenoxy) is 1. The molecule has 0 spiro atoms. The Kier molecular flexibility index (Phi) is 3.37. The van der Waals surface area contributed by atoms with Crippen molar-refractivity contribution in [1.29, 1.82) is 0 Å². The van der Waals surface area contributed by atoms with Gasteiger partial charge in [-0.25, -0.2) is 4.79 Å². The van der Waals surface area contributed by atoms with Crippen LogP contribution < -0.4 is 5.32 Å². The summed E-state index contributed by atoms with van der Waals surface area (Å²) in [6.45, 7) is 1.53. The van der Waals surface area contributed by atoms with Gasteiger partial charge in [-0.3, -0.25) is 9.48 Å². The Morgan fingerprint density at radius 2 is 2.27 bits per heavy atom. The van der Waals surface area contributed by atoms with Crippen molar-refractivity contribution in [2.45, 2.75) is 13.0 Å². The monoisotopic (exact) mass is 212 g/mol. The Labute approximate surface area is 86.4 Å². The number of aryl methyl sites for hydroxylation is 1. The van der Waals surface area contributed by atoms with Crippen LogP contribution in [0.4, 0.5) is 0 Å². The molecule has 1 heterocycles. The fraction of sp³-hybridized carbons (Fsp3) is 0.500. The zero-order chi connectivity index (χ0) is 11.4. The van der Waals surface area contributed by atoms with Gasteiger partial charge in [0.05, 0.1) is 13.3 Å². The van der Waals surface area contributed by atoms with E-state index in [1.54, 1.807) is 7.05 Å². The van der Waals surface area contributed by atoms with E-state index < -0.39 is 17.9 Å². The molecular formula is C8H12N4O3. The quantitative estimate of drug-likeness (QED) is 0.656. The van der Waals surface area contributed by atoms with Gasteiger partial charge in [0, 0.05) is 7.05 Å². The van der Waals surface area contributed by atoms with Crippen molar-refractivity contribution in [1.82, 2.24) is 20.3 Å². The molecule has 1 N–H and O–H groups in total. The summed E-state index contributed by atoms with van der Waals surface area (Å²) >= 11 is 0. The summed E-state index contributed by atoms with van der Waals surface area (Å²) in [6.07, 6.45) is 1.46. The third-order valence-corrected chi connectivity index (χ3v) is 1.74. The molecule has 0 aromatic carbocycles. The predicted octanol–water partition coefficient (Wildman–Crippen LogP) is -0.894. The van der Waals surface area contributed by atoms with Crippen LogP contribution in [-0.2, 0) is 16.6 Å². The van der Waals surface area contributed by atoms with Gasteiger partial charge in [0.25, 0.3) is 5.91 Å². The highest BCUT2D eigenvalue weighted by Crippen LogP contribution is 1.93. The van der Waals surface area contributed by atoms with Crippen molar-refractivity contribution < 1.29 is 14.3 Å². The number of carbonyl (C=O) groups is 2. The molecule has 0 fully saturated rings. The lowest BCUT2D eigenvalue weighted by molar-refractivity contribution is -0.142. The highest BCUT2D eigenvalue weighted by molar-refractivity contribution is 5.94. The summed E-state index contributed by atoms with van der Waals surface area (Å²) in [6, 6.07) is -0.704. The lowest BCUT2D eigenvalue weighted by Crippen LogP contribution is -2.39. The molecule has 1 rings (SSSR count). The minimum atomic E-state index is -0.704. The summed E-state index contributed by atoms with van der Waals surface area (Å²) in [7, 11) is 2.90. The maximum atomic E-state index is 11.5. The van der Waals surface area contributed by atoms with E-state index in [2.05, 4.69) is 20.4 Å². The third-order valence-electron chi connectivity index (χ3n) is 1.74. The Balaban J connectivity index is 2.60. The first-order valence-corrected chi connectivity index (χ1v) is 4.29. The smallest absolute Gasteiger partial charge is 0.328 e. The van der Waals surface area contributed by atoms with Gasteiger partial charge < -0.3 is 10.1 Å². The van der Waals surface area contributed by atoms with E-state index in [1.807, 2.05) is 0 Å². The van der Waals surface area contributed by atoms with Gasteiger partial charge in [-0.1, -0.05) is 5.21 Å². The molecule has 0 radical (unpaired) electrons. The van der Waals surface area contributed by atoms with Crippen LogP contribution >= 0.6 is 0 Å². The molecule has 82 valence electrons. The number of aromatic nitrogens is 3. The van der Waals surface area contributed by atoms with E-state index in [0.717, 1.165) is 0 Å². The predicted molar refractivity (Wildman–Crippen MR) is 49.9 cm³/mol. The van der Waals surface area contributed by atoms with Crippen LogP contribution in [0.1, 0.15) is 17.4 Å². The first-order valence-electron chi connectivity index (χ1n) is 4.29. The molecule has 0 bridgehead atoms. The lowest BCUT2D eigenvalue weighted by atomic mass is 10.3. The first kappa shape index (κ1) is 11.2. The number of methoxy groups -OCH3 is 1. The number of esters is 1. The maximum absolute atomic E-state index is 11.5. The van der Waals surface area contributed by atoms with E-state index in [-0.39, 0.29) is 5.69 Å². The van der Waals surface area contributed by atoms with Gasteiger partial charge in [0.1, 0.15) is 6.04 Å². The summed E-state index contributed by atoms with van der Waals surface area (Å²) in [4.78, 5) is 22.5. The molecular weight excluding hydrogens is 200 g/mol. The highest BCUT2D eigenvalue weighted by atomic mass is 16.5. The highest BCUT2D eigenvalue weighted by Gasteiger charge is 2.18. The topological polar surface area (TPSA) is 86.1 Å². The summed E-state index contributed by atoms with van der Waals surface area (Å²) in [5.41, 5.74) is 0.160. The molecule has 7 heteroatoms. The Morgan fingerprint density at radius 1 is 1.60 bits per heavy atom. The van der Waals surface area contributed by atoms with E-state index in [4.69, 9.17) is 0 Å². The molecule has 0 saturated heterocycles. The second-order valence-corrected chi connectivity index (χ2v) is 3.00. The van der Waals surface area contributed by atoms with Gasteiger partial charge in [-0.15, -0.1) is 5.10 Å². The minimum absolute atomic E-state index is 0.160. The Hall–Kier alpha value is -1.92. The van der Waals surface area contributed by atoms with Crippen molar-refractivity contribution in [2.24, 2.45) is 7.05 Å². The molecule has 1 atom stereocenters. The first-order chi connectivity index (χ1) is 7.04. The van der Waals surface area contributed by atoms with Gasteiger partial charge in [-0.05, 0) is 6.92 Å². The summed E-state index contributed by atoms with van der Waals surface area (Å²) in [5.74, 6) is -0.965. The Morgan fingerprint density at radius 3 is 2.73 bits per heavy atom. The van der Waals surface area contributed by atoms with Gasteiger partial charge >= 0.3 is 5.97 Å². The molecule has 1 unspecified atom stereocenters. The van der Waals surface area contributed by atoms with Gasteiger partial charge in [0.15, 0.2) is 5.69 Å². The van der Waals surface area contributed by atoms with Crippen LogP contribution in [0.15, 0.2) is 6.20 Å². The van der Waals surface area contributed by atoms with Gasteiger partial charge in [-0.2, -0.15) is 0 Å². The fourth-order valence-corrected chi connectivity index (χ4v) is 0.958. The number of hydrogen-bond donors (Lipinski definition) is 1. The van der Waals surface area contributed by atoms with Crippen molar-refractivity contribution in [3.63, 3.8) is 0 Å². The van der Waals surface area contributed by atoms with Crippen molar-refractivity contribution in [2.75, 3.05) is 7.11 Å². The number of hydrogen-bond acceptors (Lipinski definition) is 5. The van der Waals surface area contributed by atoms with Crippen LogP contribution in [-0.4, -0.2) is 40.0 Å². The van der Waals surface area contributed by atoms with Crippen molar-refractivity contribution in [3.8, 4) is 0 Å². The normalized spacial score (nSPS) is 11.9. The van der Waals surface area contributed by atoms with E-state index in [0.29, 0.717) is 0 Å². The van der Waals surface area contributed by atoms with Crippen LogP contribution in [0.5, 0.6) is 0 Å². The second-order valence-electron chi connectivity index (χ2n) is 3.00.